The first-order valence-corrected chi connectivity index (χ1v) is 7.13. The van der Waals surface area contributed by atoms with Crippen molar-refractivity contribution in [2.75, 3.05) is 0 Å². The van der Waals surface area contributed by atoms with Crippen molar-refractivity contribution in [3.63, 3.8) is 0 Å². The summed E-state index contributed by atoms with van der Waals surface area (Å²) >= 11 is 0. The Morgan fingerprint density at radius 2 is 0.667 bits per heavy atom. The van der Waals surface area contributed by atoms with Crippen molar-refractivity contribution in [1.29, 1.82) is 0 Å². The van der Waals surface area contributed by atoms with Crippen LogP contribution >= 0.6 is 0 Å². The van der Waals surface area contributed by atoms with E-state index in [2.05, 4.69) is 0 Å². The van der Waals surface area contributed by atoms with Crippen LogP contribution in [0.5, 0.6) is 0 Å². The monoisotopic (exact) mass is 547 g/mol. The van der Waals surface area contributed by atoms with Crippen molar-refractivity contribution in [2.24, 2.45) is 0 Å². The van der Waals surface area contributed by atoms with Gasteiger partial charge in [0.25, 0.3) is 5.92 Å². The van der Waals surface area contributed by atoms with E-state index in [4.69, 9.17) is 0 Å². The molecule has 0 aromatic heterocycles. The molecule has 0 spiro atoms. The van der Waals surface area contributed by atoms with E-state index in [9.17, 15) is 92.2 Å². The largest absolute Gasteiger partial charge is 0.460 e. The van der Waals surface area contributed by atoms with Gasteiger partial charge in [0.1, 0.15) is 0 Å². The molecule has 0 fully saturated rings. The molecule has 21 heteroatoms. The zero-order valence-electron chi connectivity index (χ0n) is 14.4. The Hall–Kier alpha value is -1.47. The Bertz CT molecular complexity index is 682. The molecule has 0 atom stereocenters. The molecule has 199 valence electrons. The molecule has 1 radical (unpaired) electrons. The molecule has 0 saturated heterocycles. The summed E-state index contributed by atoms with van der Waals surface area (Å²) in [6.45, 7) is 0. The lowest BCUT2D eigenvalue weighted by Crippen LogP contribution is -2.64. The zero-order valence-corrected chi connectivity index (χ0v) is 14.4. The first-order valence-electron chi connectivity index (χ1n) is 7.13. The average molecular weight is 547 g/mol. The van der Waals surface area contributed by atoms with Gasteiger partial charge in [-0.2, -0.15) is 83.4 Å². The fourth-order valence-corrected chi connectivity index (χ4v) is 1.89. The Morgan fingerprint density at radius 1 is 0.394 bits per heavy atom. The van der Waals surface area contributed by atoms with Gasteiger partial charge in [-0.1, -0.05) is 0 Å². The Morgan fingerprint density at radius 3 is 0.909 bits per heavy atom. The fourth-order valence-electron chi connectivity index (χ4n) is 1.89. The Kier molecular flexibility index (Phi) is 7.69. The maximum absolute atomic E-state index is 13.3. The molecule has 0 aromatic carbocycles. The third kappa shape index (κ3) is 5.00. The van der Waals surface area contributed by atoms with E-state index in [0.29, 0.717) is 0 Å². The van der Waals surface area contributed by atoms with Crippen LogP contribution in [0.2, 0.25) is 0 Å². The van der Waals surface area contributed by atoms with Crippen molar-refractivity contribution in [1.82, 2.24) is 0 Å². The van der Waals surface area contributed by atoms with Crippen LogP contribution in [0.15, 0.2) is 0 Å². The van der Waals surface area contributed by atoms with Crippen molar-refractivity contribution in [2.45, 2.75) is 66.4 Å². The molecule has 0 aliphatic carbocycles. The highest BCUT2D eigenvalue weighted by atomic mass is 19.4. The van der Waals surface area contributed by atoms with Gasteiger partial charge in [-0.05, 0) is 0 Å². The molecule has 0 heterocycles. The van der Waals surface area contributed by atoms with Gasteiger partial charge in [0.15, 0.2) is 0 Å². The van der Waals surface area contributed by atoms with Gasteiger partial charge in [-0.3, -0.25) is 0 Å². The molecule has 0 N–H and O–H groups in total. The summed E-state index contributed by atoms with van der Waals surface area (Å²) in [6, 6.07) is 0. The summed E-state index contributed by atoms with van der Waals surface area (Å²) in [5, 5.41) is 0. The van der Waals surface area contributed by atoms with Crippen LogP contribution in [0, 0.1) is 6.43 Å². The minimum Gasteiger partial charge on any atom is -0.206 e. The minimum atomic E-state index is -7.97. The molecule has 33 heavy (non-hydrogen) atoms. The minimum absolute atomic E-state index is 4.56. The highest BCUT2D eigenvalue weighted by Gasteiger charge is 2.85. The van der Waals surface area contributed by atoms with Crippen LogP contribution in [0.4, 0.5) is 92.2 Å². The van der Waals surface area contributed by atoms with E-state index >= 15 is 0 Å². The van der Waals surface area contributed by atoms with Gasteiger partial charge in [0.2, 0.25) is 0 Å². The van der Waals surface area contributed by atoms with Gasteiger partial charge < -0.3 is 0 Å². The summed E-state index contributed by atoms with van der Waals surface area (Å²) in [5.41, 5.74) is 0. The highest BCUT2D eigenvalue weighted by molar-refractivity contribution is 5.10. The molecule has 0 nitrogen and oxygen atoms in total. The summed E-state index contributed by atoms with van der Waals surface area (Å²) in [6.07, 6.45) is -21.7. The molecule has 0 aliphatic heterocycles. The second-order valence-corrected chi connectivity index (χ2v) is 6.25. The van der Waals surface area contributed by atoms with E-state index in [1.807, 2.05) is 0 Å². The summed E-state index contributed by atoms with van der Waals surface area (Å²) < 4.78 is 266. The molecular formula is C12H4F21. The number of hydrogen-bond acceptors (Lipinski definition) is 0. The lowest BCUT2D eigenvalue weighted by Gasteiger charge is -2.38. The molecular weight excluding hydrogens is 543 g/mol. The van der Waals surface area contributed by atoms with Crippen LogP contribution in [0.25, 0.3) is 0 Å². The summed E-state index contributed by atoms with van der Waals surface area (Å²) in [5.74, 6) is -60.6. The normalized spacial score (nSPS) is 16.5. The van der Waals surface area contributed by atoms with Crippen molar-refractivity contribution in [3.05, 3.63) is 6.43 Å². The first-order chi connectivity index (χ1) is 13.9. The summed E-state index contributed by atoms with van der Waals surface area (Å²) in [4.78, 5) is 0. The van der Waals surface area contributed by atoms with Crippen LogP contribution in [-0.2, 0) is 0 Å². The molecule has 0 unspecified atom stereocenters. The second-order valence-electron chi connectivity index (χ2n) is 6.25. The van der Waals surface area contributed by atoms with E-state index in [1.54, 1.807) is 0 Å². The Balaban J connectivity index is 6.18. The highest BCUT2D eigenvalue weighted by Crippen LogP contribution is 2.60. The number of rotatable bonds is 10. The SMILES string of the molecule is F[C](F)C(F)(F)C(F)(F)C(F)(F)C(F)(F)CC(F)(F)CC(F)(F)C(F)(F)C(F)(F)C(F)(F)F. The average Bonchev–Trinajstić information content (AvgIpc) is 2.50. The van der Waals surface area contributed by atoms with Crippen LogP contribution in [0.1, 0.15) is 12.8 Å². The molecule has 0 saturated carbocycles. The first kappa shape index (κ1) is 31.5. The van der Waals surface area contributed by atoms with E-state index in [1.165, 1.54) is 0 Å². The quantitative estimate of drug-likeness (QED) is 0.245. The van der Waals surface area contributed by atoms with Gasteiger partial charge in [0.05, 0.1) is 12.8 Å². The fraction of sp³-hybridized carbons (Fsp3) is 0.917. The molecule has 0 rings (SSSR count). The lowest BCUT2D eigenvalue weighted by molar-refractivity contribution is -0.403. The molecule has 0 aliphatic rings. The third-order valence-corrected chi connectivity index (χ3v) is 3.66. The Labute approximate surface area is 166 Å². The zero-order chi connectivity index (χ0) is 27.5. The van der Waals surface area contributed by atoms with Gasteiger partial charge in [-0.25, -0.2) is 8.78 Å². The van der Waals surface area contributed by atoms with E-state index < -0.39 is 72.8 Å². The van der Waals surface area contributed by atoms with Crippen LogP contribution in [-0.4, -0.2) is 53.6 Å². The number of hydrogen-bond donors (Lipinski definition) is 0. The molecule has 0 amide bonds. The van der Waals surface area contributed by atoms with Gasteiger partial charge in [0, 0.05) is 0 Å². The lowest BCUT2D eigenvalue weighted by atomic mass is 9.90. The van der Waals surface area contributed by atoms with E-state index in [0.717, 1.165) is 0 Å². The molecule has 0 bridgehead atoms. The van der Waals surface area contributed by atoms with Gasteiger partial charge >= 0.3 is 54.1 Å². The van der Waals surface area contributed by atoms with E-state index in [-0.39, 0.29) is 0 Å². The maximum atomic E-state index is 13.3. The molecule has 0 aromatic rings. The maximum Gasteiger partial charge on any atom is 0.460 e. The topological polar surface area (TPSA) is 0 Å². The van der Waals surface area contributed by atoms with Crippen molar-refractivity contribution < 1.29 is 92.2 Å². The number of halogens is 21. The number of alkyl halides is 19. The van der Waals surface area contributed by atoms with Crippen LogP contribution < -0.4 is 0 Å². The van der Waals surface area contributed by atoms with Crippen molar-refractivity contribution in [3.8, 4) is 0 Å². The predicted octanol–water partition coefficient (Wildman–Crippen LogP) is 7.84. The van der Waals surface area contributed by atoms with Crippen molar-refractivity contribution >= 4 is 0 Å². The summed E-state index contributed by atoms with van der Waals surface area (Å²) in [7, 11) is 0. The predicted molar refractivity (Wildman–Crippen MR) is 60.3 cm³/mol. The standard InChI is InChI=1S/C12H4F21/c13-3(14)7(21,22)10(27,28)8(23,24)5(17,18)1-4(15,16)2-6(19,20)9(25,26)11(29,30)12(31,32)33/h1-2H2. The van der Waals surface area contributed by atoms with Gasteiger partial charge in [-0.15, -0.1) is 0 Å². The third-order valence-electron chi connectivity index (χ3n) is 3.66. The van der Waals surface area contributed by atoms with Crippen LogP contribution in [0.3, 0.4) is 0 Å². The smallest absolute Gasteiger partial charge is 0.206 e. The second kappa shape index (κ2) is 8.04.